The summed E-state index contributed by atoms with van der Waals surface area (Å²) in [5.74, 6) is -2.21. The topological polar surface area (TPSA) is 124 Å². The van der Waals surface area contributed by atoms with Gasteiger partial charge in [-0.2, -0.15) is 0 Å². The molecule has 2 saturated carbocycles. The van der Waals surface area contributed by atoms with Crippen molar-refractivity contribution in [1.82, 2.24) is 0 Å². The molecule has 2 bridgehead atoms. The predicted octanol–water partition coefficient (Wildman–Crippen LogP) is 3.62. The highest BCUT2D eigenvalue weighted by atomic mass is 16.6. The maximum Gasteiger partial charge on any atom is 0.306 e. The average molecular weight is 519 g/mol. The van der Waals surface area contributed by atoms with Crippen molar-refractivity contribution in [3.05, 3.63) is 23.3 Å². The van der Waals surface area contributed by atoms with Crippen molar-refractivity contribution in [1.29, 1.82) is 0 Å². The number of carbonyl (C=O) groups is 2. The standard InChI is InChI=1S/C30H46O7/c1-6-7-8-9-10-11-12-13-22(32)37-29-16-19(3)28-15-18(2)24(33)30(28,36)25(34)20(17-31)14-21(26(28)35)23(29)27(29,4)5/h14-15,19,21,23-25,31,33-34,36H,6-13,16-17H2,1-5H3/t19-,21?,23-,24?,25?,28?,29+,30?/m1/s1. The van der Waals surface area contributed by atoms with Crippen molar-refractivity contribution in [2.24, 2.45) is 28.6 Å². The Morgan fingerprint density at radius 3 is 2.32 bits per heavy atom. The van der Waals surface area contributed by atoms with Gasteiger partial charge in [-0.25, -0.2) is 0 Å². The van der Waals surface area contributed by atoms with E-state index in [-0.39, 0.29) is 23.2 Å². The molecule has 208 valence electrons. The second-order valence-electron chi connectivity index (χ2n) is 12.7. The lowest BCUT2D eigenvalue weighted by Gasteiger charge is -2.48. The molecule has 4 aliphatic rings. The average Bonchev–Trinajstić information content (AvgIpc) is 3.26. The first-order valence-electron chi connectivity index (χ1n) is 14.2. The number of allylic oxidation sites excluding steroid dienone is 1. The Balaban J connectivity index is 1.63. The van der Waals surface area contributed by atoms with Crippen LogP contribution in [0.15, 0.2) is 23.3 Å². The van der Waals surface area contributed by atoms with Gasteiger partial charge in [-0.05, 0) is 36.8 Å². The van der Waals surface area contributed by atoms with Crippen LogP contribution >= 0.6 is 0 Å². The summed E-state index contributed by atoms with van der Waals surface area (Å²) >= 11 is 0. The zero-order valence-corrected chi connectivity index (χ0v) is 23.1. The van der Waals surface area contributed by atoms with Crippen LogP contribution in [0.3, 0.4) is 0 Å². The summed E-state index contributed by atoms with van der Waals surface area (Å²) in [6, 6.07) is 0. The highest BCUT2D eigenvalue weighted by Gasteiger charge is 2.83. The van der Waals surface area contributed by atoms with Crippen molar-refractivity contribution < 1.29 is 34.8 Å². The molecule has 2 fully saturated rings. The monoisotopic (exact) mass is 518 g/mol. The van der Waals surface area contributed by atoms with Crippen molar-refractivity contribution >= 4 is 11.8 Å². The summed E-state index contributed by atoms with van der Waals surface area (Å²) in [6.07, 6.45) is 8.49. The number of esters is 1. The fourth-order valence-electron chi connectivity index (χ4n) is 8.21. The van der Waals surface area contributed by atoms with E-state index < -0.39 is 52.7 Å². The highest BCUT2D eigenvalue weighted by molar-refractivity contribution is 5.95. The first-order valence-corrected chi connectivity index (χ1v) is 14.2. The second kappa shape index (κ2) is 9.89. The molecule has 0 aromatic heterocycles. The predicted molar refractivity (Wildman–Crippen MR) is 139 cm³/mol. The third kappa shape index (κ3) is 3.90. The van der Waals surface area contributed by atoms with Crippen molar-refractivity contribution in [3.8, 4) is 0 Å². The van der Waals surface area contributed by atoms with E-state index in [0.29, 0.717) is 18.4 Å². The van der Waals surface area contributed by atoms with E-state index in [1.807, 2.05) is 20.8 Å². The number of rotatable bonds is 10. The van der Waals surface area contributed by atoms with Gasteiger partial charge in [0.1, 0.15) is 23.4 Å². The van der Waals surface area contributed by atoms with E-state index in [2.05, 4.69) is 6.92 Å². The Morgan fingerprint density at radius 1 is 1.08 bits per heavy atom. The van der Waals surface area contributed by atoms with Crippen LogP contribution in [0.4, 0.5) is 0 Å². The lowest BCUT2D eigenvalue weighted by Crippen LogP contribution is -2.65. The van der Waals surface area contributed by atoms with Crippen molar-refractivity contribution in [2.45, 2.75) is 116 Å². The number of ether oxygens (including phenoxy) is 1. The Bertz CT molecular complexity index is 982. The highest BCUT2D eigenvalue weighted by Crippen LogP contribution is 2.75. The molecule has 4 rings (SSSR count). The van der Waals surface area contributed by atoms with Crippen LogP contribution in [-0.4, -0.2) is 62.2 Å². The van der Waals surface area contributed by atoms with Crippen LogP contribution in [0, 0.1) is 28.6 Å². The first-order chi connectivity index (χ1) is 17.4. The van der Waals surface area contributed by atoms with Crippen LogP contribution in [0.25, 0.3) is 0 Å². The molecule has 0 amide bonds. The molecule has 0 saturated heterocycles. The number of hydrogen-bond acceptors (Lipinski definition) is 7. The van der Waals surface area contributed by atoms with Crippen LogP contribution in [0.5, 0.6) is 0 Å². The number of carbonyl (C=O) groups excluding carboxylic acids is 2. The summed E-state index contributed by atoms with van der Waals surface area (Å²) in [7, 11) is 0. The van der Waals surface area contributed by atoms with Crippen LogP contribution < -0.4 is 0 Å². The zero-order valence-electron chi connectivity index (χ0n) is 23.1. The SMILES string of the molecule is CCCCCCCCCC(=O)O[C@@]12C[C@@H](C)C34C=C(C)C(O)C3(O)C(O)C(CO)=CC(C4=O)[C@@H]1C2(C)C. The normalized spacial score (nSPS) is 41.6. The third-order valence-corrected chi connectivity index (χ3v) is 10.3. The number of aliphatic hydroxyl groups is 4. The number of fused-ring (bicyclic) bond motifs is 3. The van der Waals surface area contributed by atoms with E-state index in [4.69, 9.17) is 4.74 Å². The van der Waals surface area contributed by atoms with E-state index in [1.165, 1.54) is 25.7 Å². The molecule has 4 aliphatic carbocycles. The molecule has 8 atom stereocenters. The molecule has 0 heterocycles. The van der Waals surface area contributed by atoms with Gasteiger partial charge in [-0.15, -0.1) is 0 Å². The first kappa shape index (κ1) is 28.5. The van der Waals surface area contributed by atoms with E-state index in [1.54, 1.807) is 19.1 Å². The van der Waals surface area contributed by atoms with Crippen molar-refractivity contribution in [2.75, 3.05) is 6.61 Å². The molecular formula is C30H46O7. The molecule has 1 spiro atoms. The number of unbranched alkanes of at least 4 members (excludes halogenated alkanes) is 6. The lowest BCUT2D eigenvalue weighted by atomic mass is 9.59. The van der Waals surface area contributed by atoms with Gasteiger partial charge in [-0.3, -0.25) is 9.59 Å². The molecule has 0 aromatic carbocycles. The summed E-state index contributed by atoms with van der Waals surface area (Å²) in [4.78, 5) is 27.4. The number of aliphatic hydroxyl groups excluding tert-OH is 3. The number of hydrogen-bond donors (Lipinski definition) is 4. The zero-order chi connectivity index (χ0) is 27.4. The third-order valence-electron chi connectivity index (χ3n) is 10.3. The van der Waals surface area contributed by atoms with Gasteiger partial charge in [0.15, 0.2) is 5.78 Å². The Hall–Kier alpha value is -1.54. The van der Waals surface area contributed by atoms with Gasteiger partial charge < -0.3 is 25.2 Å². The van der Waals surface area contributed by atoms with Gasteiger partial charge in [0.2, 0.25) is 0 Å². The fraction of sp³-hybridized carbons (Fsp3) is 0.800. The lowest BCUT2D eigenvalue weighted by molar-refractivity contribution is -0.191. The Labute approximate surface area is 221 Å². The van der Waals surface area contributed by atoms with Crippen molar-refractivity contribution in [3.63, 3.8) is 0 Å². The van der Waals surface area contributed by atoms with E-state index >= 15 is 0 Å². The summed E-state index contributed by atoms with van der Waals surface area (Å²) in [5.41, 5.74) is -4.64. The van der Waals surface area contributed by atoms with Crippen LogP contribution in [0.1, 0.15) is 92.4 Å². The summed E-state index contributed by atoms with van der Waals surface area (Å²) in [6.45, 7) is 9.11. The molecule has 0 radical (unpaired) electrons. The minimum atomic E-state index is -2.21. The van der Waals surface area contributed by atoms with Gasteiger partial charge in [-0.1, -0.05) is 78.4 Å². The molecule has 0 aliphatic heterocycles. The van der Waals surface area contributed by atoms with Gasteiger partial charge >= 0.3 is 5.97 Å². The minimum Gasteiger partial charge on any atom is -0.458 e. The van der Waals surface area contributed by atoms with Gasteiger partial charge in [0.05, 0.1) is 12.0 Å². The largest absolute Gasteiger partial charge is 0.458 e. The number of Topliss-reactive ketones (excluding diaryl/α,β-unsaturated/α-hetero) is 1. The minimum absolute atomic E-state index is 0.116. The van der Waals surface area contributed by atoms with Crippen LogP contribution in [-0.2, 0) is 14.3 Å². The fourth-order valence-corrected chi connectivity index (χ4v) is 8.21. The molecule has 5 unspecified atom stereocenters. The molecule has 7 nitrogen and oxygen atoms in total. The molecule has 0 aromatic rings. The number of ketones is 1. The molecule has 7 heteroatoms. The van der Waals surface area contributed by atoms with Gasteiger partial charge in [0, 0.05) is 23.7 Å². The Morgan fingerprint density at radius 2 is 1.70 bits per heavy atom. The molecule has 4 N–H and O–H groups in total. The molecular weight excluding hydrogens is 472 g/mol. The summed E-state index contributed by atoms with van der Waals surface area (Å²) < 4.78 is 6.28. The quantitative estimate of drug-likeness (QED) is 0.198. The summed E-state index contributed by atoms with van der Waals surface area (Å²) in [5, 5.41) is 44.4. The second-order valence-corrected chi connectivity index (χ2v) is 12.7. The molecule has 37 heavy (non-hydrogen) atoms. The smallest absolute Gasteiger partial charge is 0.306 e. The van der Waals surface area contributed by atoms with Gasteiger partial charge in [0.25, 0.3) is 0 Å². The van der Waals surface area contributed by atoms with E-state index in [0.717, 1.165) is 19.3 Å². The van der Waals surface area contributed by atoms with Crippen LogP contribution in [0.2, 0.25) is 0 Å². The Kier molecular flexibility index (Phi) is 7.61. The maximum atomic E-state index is 14.3. The van der Waals surface area contributed by atoms with E-state index in [9.17, 15) is 30.0 Å². The maximum absolute atomic E-state index is 14.3.